The van der Waals surface area contributed by atoms with E-state index in [0.29, 0.717) is 17.3 Å². The zero-order chi connectivity index (χ0) is 18.9. The number of nitrogens with zero attached hydrogens (tertiary/aromatic N) is 6. The molecule has 0 aliphatic carbocycles. The van der Waals surface area contributed by atoms with Crippen molar-refractivity contribution in [3.8, 4) is 11.4 Å². The number of aromatic amines is 1. The Morgan fingerprint density at radius 2 is 1.89 bits per heavy atom. The standard InChI is InChI=1S/C15H23N9O2S/c16-27(25,26)15-13(14-19-21-22-20-14)12(1-4-18-15)24-7-2-11(3-8-24)23-9-5-17-6-10-23/h1,4,11,17H,2-3,5-10H2,(H2,16,25,26)(H,19,20,21,22). The number of rotatable bonds is 4. The first-order valence-corrected chi connectivity index (χ1v) is 10.5. The minimum atomic E-state index is -4.02. The molecule has 0 atom stereocenters. The van der Waals surface area contributed by atoms with Gasteiger partial charge in [-0.05, 0) is 24.1 Å². The fraction of sp³-hybridized carbons (Fsp3) is 0.600. The molecule has 0 radical (unpaired) electrons. The number of tetrazole rings is 1. The summed E-state index contributed by atoms with van der Waals surface area (Å²) >= 11 is 0. The summed E-state index contributed by atoms with van der Waals surface area (Å²) < 4.78 is 24.1. The van der Waals surface area contributed by atoms with Crippen molar-refractivity contribution in [1.29, 1.82) is 0 Å². The van der Waals surface area contributed by atoms with E-state index in [4.69, 9.17) is 5.14 Å². The van der Waals surface area contributed by atoms with Gasteiger partial charge >= 0.3 is 0 Å². The van der Waals surface area contributed by atoms with E-state index in [-0.39, 0.29) is 10.9 Å². The molecule has 2 fully saturated rings. The van der Waals surface area contributed by atoms with Gasteiger partial charge in [-0.25, -0.2) is 18.5 Å². The zero-order valence-electron chi connectivity index (χ0n) is 14.9. The number of pyridine rings is 1. The third-order valence-electron chi connectivity index (χ3n) is 5.21. The first kappa shape index (κ1) is 18.2. The zero-order valence-corrected chi connectivity index (χ0v) is 15.7. The average molecular weight is 393 g/mol. The van der Waals surface area contributed by atoms with Gasteiger partial charge in [0.15, 0.2) is 5.03 Å². The summed E-state index contributed by atoms with van der Waals surface area (Å²) in [7, 11) is -4.02. The Bertz CT molecular complexity index is 873. The van der Waals surface area contributed by atoms with Crippen LogP contribution in [0.2, 0.25) is 0 Å². The van der Waals surface area contributed by atoms with Crippen LogP contribution in [0.4, 0.5) is 5.69 Å². The fourth-order valence-electron chi connectivity index (χ4n) is 3.91. The molecule has 0 amide bonds. The van der Waals surface area contributed by atoms with Crippen LogP contribution < -0.4 is 15.4 Å². The average Bonchev–Trinajstić information content (AvgIpc) is 3.22. The number of nitrogens with two attached hydrogens (primary N) is 1. The van der Waals surface area contributed by atoms with Crippen LogP contribution in [0.5, 0.6) is 0 Å². The summed E-state index contributed by atoms with van der Waals surface area (Å²) in [5, 5.41) is 22.3. The number of primary sulfonamides is 1. The lowest BCUT2D eigenvalue weighted by molar-refractivity contribution is 0.150. The molecule has 0 spiro atoms. The van der Waals surface area contributed by atoms with Gasteiger partial charge in [-0.1, -0.05) is 0 Å². The molecule has 2 aliphatic heterocycles. The highest BCUT2D eigenvalue weighted by molar-refractivity contribution is 7.89. The maximum Gasteiger partial charge on any atom is 0.256 e. The summed E-state index contributed by atoms with van der Waals surface area (Å²) in [5.74, 6) is 0.173. The number of aromatic nitrogens is 5. The van der Waals surface area contributed by atoms with Crippen LogP contribution in [0.1, 0.15) is 12.8 Å². The smallest absolute Gasteiger partial charge is 0.256 e. The van der Waals surface area contributed by atoms with E-state index in [2.05, 4.69) is 40.7 Å². The molecule has 0 aromatic carbocycles. The second kappa shape index (κ2) is 7.46. The summed E-state index contributed by atoms with van der Waals surface area (Å²) in [6, 6.07) is 2.34. The lowest BCUT2D eigenvalue weighted by Crippen LogP contribution is -2.52. The van der Waals surface area contributed by atoms with Crippen LogP contribution in [0.3, 0.4) is 0 Å². The molecule has 4 heterocycles. The monoisotopic (exact) mass is 393 g/mol. The molecule has 2 saturated heterocycles. The molecule has 2 aromatic heterocycles. The van der Waals surface area contributed by atoms with Crippen LogP contribution in [0, 0.1) is 0 Å². The topological polar surface area (TPSA) is 146 Å². The van der Waals surface area contributed by atoms with Crippen LogP contribution >= 0.6 is 0 Å². The van der Waals surface area contributed by atoms with Gasteiger partial charge < -0.3 is 10.2 Å². The van der Waals surface area contributed by atoms with Gasteiger partial charge in [0.25, 0.3) is 10.0 Å². The van der Waals surface area contributed by atoms with Crippen LogP contribution in [0.15, 0.2) is 17.3 Å². The Balaban J connectivity index is 1.61. The maximum atomic E-state index is 12.0. The number of hydrogen-bond acceptors (Lipinski definition) is 9. The first-order valence-electron chi connectivity index (χ1n) is 8.99. The Hall–Kier alpha value is -2.15. The van der Waals surface area contributed by atoms with Crippen molar-refractivity contribution in [1.82, 2.24) is 35.8 Å². The highest BCUT2D eigenvalue weighted by atomic mass is 32.2. The minimum Gasteiger partial charge on any atom is -0.371 e. The summed E-state index contributed by atoms with van der Waals surface area (Å²) in [4.78, 5) is 8.66. The number of piperidine rings is 1. The molecule has 4 rings (SSSR count). The molecule has 11 nitrogen and oxygen atoms in total. The summed E-state index contributed by atoms with van der Waals surface area (Å²) in [5.41, 5.74) is 1.02. The third kappa shape index (κ3) is 3.78. The molecule has 2 aliphatic rings. The van der Waals surface area contributed by atoms with E-state index >= 15 is 0 Å². The molecule has 4 N–H and O–H groups in total. The lowest BCUT2D eigenvalue weighted by Gasteiger charge is -2.41. The number of nitrogens with one attached hydrogen (secondary N) is 2. The van der Waals surface area contributed by atoms with Gasteiger partial charge in [0.2, 0.25) is 5.82 Å². The number of sulfonamides is 1. The SMILES string of the molecule is NS(=O)(=O)c1nccc(N2CCC(N3CCNCC3)CC2)c1-c1nn[nH]n1. The number of hydrogen-bond donors (Lipinski definition) is 3. The fourth-order valence-corrected chi connectivity index (χ4v) is 4.60. The molecule has 146 valence electrons. The number of H-pyrrole nitrogens is 1. The maximum absolute atomic E-state index is 12.0. The highest BCUT2D eigenvalue weighted by Gasteiger charge is 2.30. The van der Waals surface area contributed by atoms with E-state index in [0.717, 1.165) is 52.1 Å². The molecule has 0 unspecified atom stereocenters. The van der Waals surface area contributed by atoms with E-state index in [9.17, 15) is 8.42 Å². The Morgan fingerprint density at radius 1 is 1.15 bits per heavy atom. The van der Waals surface area contributed by atoms with Gasteiger partial charge in [0.1, 0.15) is 0 Å². The first-order chi connectivity index (χ1) is 13.0. The molecule has 27 heavy (non-hydrogen) atoms. The molecule has 0 bridgehead atoms. The highest BCUT2D eigenvalue weighted by Crippen LogP contribution is 2.34. The quantitative estimate of drug-likeness (QED) is 0.582. The van der Waals surface area contributed by atoms with Crippen LogP contribution in [0.25, 0.3) is 11.4 Å². The van der Waals surface area contributed by atoms with Crippen molar-refractivity contribution in [2.75, 3.05) is 44.2 Å². The van der Waals surface area contributed by atoms with Gasteiger partial charge in [-0.15, -0.1) is 10.2 Å². The molecule has 12 heteroatoms. The van der Waals surface area contributed by atoms with Crippen molar-refractivity contribution in [3.63, 3.8) is 0 Å². The van der Waals surface area contributed by atoms with Crippen molar-refractivity contribution in [2.24, 2.45) is 5.14 Å². The summed E-state index contributed by atoms with van der Waals surface area (Å²) in [6.45, 7) is 5.84. The Morgan fingerprint density at radius 3 is 2.52 bits per heavy atom. The second-order valence-corrected chi connectivity index (χ2v) is 8.27. The lowest BCUT2D eigenvalue weighted by atomic mass is 10.0. The predicted molar refractivity (Wildman–Crippen MR) is 98.5 cm³/mol. The molecular formula is C15H23N9O2S. The Kier molecular flexibility index (Phi) is 5.04. The van der Waals surface area contributed by atoms with Crippen molar-refractivity contribution >= 4 is 15.7 Å². The van der Waals surface area contributed by atoms with Crippen LogP contribution in [-0.2, 0) is 10.0 Å². The van der Waals surface area contributed by atoms with E-state index < -0.39 is 10.0 Å². The second-order valence-electron chi connectivity index (χ2n) is 6.79. The van der Waals surface area contributed by atoms with Crippen molar-refractivity contribution in [2.45, 2.75) is 23.9 Å². The van der Waals surface area contributed by atoms with Gasteiger partial charge in [-0.3, -0.25) is 4.90 Å². The van der Waals surface area contributed by atoms with E-state index in [1.165, 1.54) is 6.20 Å². The number of anilines is 1. The third-order valence-corrected chi connectivity index (χ3v) is 6.05. The number of piperazine rings is 1. The van der Waals surface area contributed by atoms with Gasteiger partial charge in [-0.2, -0.15) is 5.21 Å². The van der Waals surface area contributed by atoms with Gasteiger partial charge in [0.05, 0.1) is 11.3 Å². The van der Waals surface area contributed by atoms with Gasteiger partial charge in [0, 0.05) is 51.5 Å². The summed E-state index contributed by atoms with van der Waals surface area (Å²) in [6.07, 6.45) is 3.48. The minimum absolute atomic E-state index is 0.173. The van der Waals surface area contributed by atoms with E-state index in [1.54, 1.807) is 6.07 Å². The molecular weight excluding hydrogens is 370 g/mol. The molecule has 0 saturated carbocycles. The van der Waals surface area contributed by atoms with Crippen molar-refractivity contribution in [3.05, 3.63) is 12.3 Å². The van der Waals surface area contributed by atoms with Crippen LogP contribution in [-0.4, -0.2) is 84.2 Å². The van der Waals surface area contributed by atoms with E-state index in [1.807, 2.05) is 0 Å². The normalized spacial score (nSPS) is 20.1. The molecule has 2 aromatic rings. The van der Waals surface area contributed by atoms with Crippen molar-refractivity contribution < 1.29 is 8.42 Å². The largest absolute Gasteiger partial charge is 0.371 e. The predicted octanol–water partition coefficient (Wildman–Crippen LogP) is -1.22. The Labute approximate surface area is 157 Å².